The second-order valence-electron chi connectivity index (χ2n) is 7.60. The van der Waals surface area contributed by atoms with Crippen molar-refractivity contribution in [3.05, 3.63) is 59.4 Å². The van der Waals surface area contributed by atoms with E-state index in [2.05, 4.69) is 65.6 Å². The average Bonchev–Trinajstić information content (AvgIpc) is 2.75. The molecule has 1 atom stereocenters. The summed E-state index contributed by atoms with van der Waals surface area (Å²) >= 11 is 0. The molecule has 6 nitrogen and oxygen atoms in total. The summed E-state index contributed by atoms with van der Waals surface area (Å²) in [5.41, 5.74) is 3.50. The van der Waals surface area contributed by atoms with Crippen molar-refractivity contribution in [2.45, 2.75) is 40.2 Å². The van der Waals surface area contributed by atoms with E-state index in [0.29, 0.717) is 38.2 Å². The zero-order chi connectivity index (χ0) is 21.8. The van der Waals surface area contributed by atoms with Crippen LogP contribution in [0.1, 0.15) is 43.4 Å². The number of aromatic nitrogens is 1. The molecule has 1 heterocycles. The summed E-state index contributed by atoms with van der Waals surface area (Å²) in [4.78, 5) is 8.65. The van der Waals surface area contributed by atoms with Crippen molar-refractivity contribution in [2.75, 3.05) is 33.4 Å². The molecule has 30 heavy (non-hydrogen) atoms. The number of guanidine groups is 1. The molecule has 0 saturated carbocycles. The SMILES string of the molecule is CCOCCOc1cc(C)ccc1CNC(=NC)NCC(c1cccnc1)C(C)C. The molecular formula is C24H36N4O2. The number of nitrogens with one attached hydrogen (secondary N) is 2. The summed E-state index contributed by atoms with van der Waals surface area (Å²) in [6.45, 7) is 11.8. The molecule has 1 aromatic carbocycles. The van der Waals surface area contributed by atoms with E-state index in [1.54, 1.807) is 7.05 Å². The summed E-state index contributed by atoms with van der Waals surface area (Å²) in [6, 6.07) is 10.4. The highest BCUT2D eigenvalue weighted by atomic mass is 16.5. The molecule has 1 aromatic heterocycles. The first-order valence-electron chi connectivity index (χ1n) is 10.7. The number of ether oxygens (including phenoxy) is 2. The molecule has 6 heteroatoms. The van der Waals surface area contributed by atoms with Crippen LogP contribution in [0.2, 0.25) is 0 Å². The van der Waals surface area contributed by atoms with Gasteiger partial charge in [-0.1, -0.05) is 32.0 Å². The third-order valence-electron chi connectivity index (χ3n) is 4.99. The summed E-state index contributed by atoms with van der Waals surface area (Å²) < 4.78 is 11.3. The predicted molar refractivity (Wildman–Crippen MR) is 123 cm³/mol. The van der Waals surface area contributed by atoms with Crippen LogP contribution in [0.5, 0.6) is 5.75 Å². The molecule has 1 unspecified atom stereocenters. The van der Waals surface area contributed by atoms with Gasteiger partial charge < -0.3 is 20.1 Å². The molecule has 0 aliphatic rings. The number of hydrogen-bond donors (Lipinski definition) is 2. The second kappa shape index (κ2) is 12.9. The molecule has 2 rings (SSSR count). The highest BCUT2D eigenvalue weighted by Crippen LogP contribution is 2.23. The van der Waals surface area contributed by atoms with Gasteiger partial charge in [-0.2, -0.15) is 0 Å². The van der Waals surface area contributed by atoms with Crippen molar-refractivity contribution in [3.8, 4) is 5.75 Å². The predicted octanol–water partition coefficient (Wildman–Crippen LogP) is 3.91. The van der Waals surface area contributed by atoms with Gasteiger partial charge in [0.25, 0.3) is 0 Å². The number of rotatable bonds is 11. The fourth-order valence-corrected chi connectivity index (χ4v) is 3.24. The Morgan fingerprint density at radius 1 is 1.17 bits per heavy atom. The highest BCUT2D eigenvalue weighted by Gasteiger charge is 2.16. The minimum Gasteiger partial charge on any atom is -0.491 e. The number of pyridine rings is 1. The van der Waals surface area contributed by atoms with Gasteiger partial charge in [0, 0.05) is 50.6 Å². The molecule has 2 N–H and O–H groups in total. The monoisotopic (exact) mass is 412 g/mol. The fraction of sp³-hybridized carbons (Fsp3) is 0.500. The standard InChI is InChI=1S/C24H36N4O2/c1-6-29-12-13-30-23-14-19(4)9-10-21(23)16-27-24(25-5)28-17-22(18(2)3)20-8-7-11-26-15-20/h7-11,14-15,18,22H,6,12-13,16-17H2,1-5H3,(H2,25,27,28). The van der Waals surface area contributed by atoms with Crippen molar-refractivity contribution in [1.82, 2.24) is 15.6 Å². The highest BCUT2D eigenvalue weighted by molar-refractivity contribution is 5.79. The normalized spacial score (nSPS) is 12.7. The van der Waals surface area contributed by atoms with E-state index < -0.39 is 0 Å². The van der Waals surface area contributed by atoms with Crippen LogP contribution in [0.4, 0.5) is 0 Å². The summed E-state index contributed by atoms with van der Waals surface area (Å²) in [7, 11) is 1.79. The molecule has 0 aliphatic carbocycles. The van der Waals surface area contributed by atoms with E-state index in [9.17, 15) is 0 Å². The van der Waals surface area contributed by atoms with E-state index in [-0.39, 0.29) is 0 Å². The Kier molecular flexibility index (Phi) is 10.1. The largest absolute Gasteiger partial charge is 0.491 e. The Morgan fingerprint density at radius 3 is 2.67 bits per heavy atom. The van der Waals surface area contributed by atoms with Gasteiger partial charge in [0.2, 0.25) is 0 Å². The van der Waals surface area contributed by atoms with Crippen LogP contribution in [-0.2, 0) is 11.3 Å². The summed E-state index contributed by atoms with van der Waals surface area (Å²) in [5, 5.41) is 6.87. The van der Waals surface area contributed by atoms with Gasteiger partial charge in [-0.15, -0.1) is 0 Å². The number of aryl methyl sites for hydroxylation is 1. The molecule has 0 amide bonds. The van der Waals surface area contributed by atoms with Gasteiger partial charge in [-0.25, -0.2) is 0 Å². The van der Waals surface area contributed by atoms with Gasteiger partial charge in [-0.05, 0) is 43.0 Å². The maximum absolute atomic E-state index is 5.94. The third kappa shape index (κ3) is 7.67. The lowest BCUT2D eigenvalue weighted by atomic mass is 9.89. The Bertz CT molecular complexity index is 778. The van der Waals surface area contributed by atoms with Crippen LogP contribution in [0.15, 0.2) is 47.7 Å². The molecule has 0 radical (unpaired) electrons. The zero-order valence-electron chi connectivity index (χ0n) is 18.9. The smallest absolute Gasteiger partial charge is 0.191 e. The fourth-order valence-electron chi connectivity index (χ4n) is 3.24. The van der Waals surface area contributed by atoms with Gasteiger partial charge in [-0.3, -0.25) is 9.98 Å². The third-order valence-corrected chi connectivity index (χ3v) is 4.99. The first-order valence-corrected chi connectivity index (χ1v) is 10.7. The lowest BCUT2D eigenvalue weighted by molar-refractivity contribution is 0.110. The minimum absolute atomic E-state index is 0.356. The first-order chi connectivity index (χ1) is 14.5. The van der Waals surface area contributed by atoms with Crippen LogP contribution in [0, 0.1) is 12.8 Å². The maximum Gasteiger partial charge on any atom is 0.191 e. The van der Waals surface area contributed by atoms with Crippen molar-refractivity contribution in [1.29, 1.82) is 0 Å². The van der Waals surface area contributed by atoms with Crippen LogP contribution in [0.25, 0.3) is 0 Å². The summed E-state index contributed by atoms with van der Waals surface area (Å²) in [5.74, 6) is 2.50. The lowest BCUT2D eigenvalue weighted by Crippen LogP contribution is -2.39. The average molecular weight is 413 g/mol. The van der Waals surface area contributed by atoms with Crippen molar-refractivity contribution < 1.29 is 9.47 Å². The molecule has 0 spiro atoms. The number of benzene rings is 1. The summed E-state index contributed by atoms with van der Waals surface area (Å²) in [6.07, 6.45) is 3.76. The van der Waals surface area contributed by atoms with Gasteiger partial charge in [0.15, 0.2) is 5.96 Å². The van der Waals surface area contributed by atoms with Crippen molar-refractivity contribution in [2.24, 2.45) is 10.9 Å². The minimum atomic E-state index is 0.356. The molecule has 0 saturated heterocycles. The Hall–Kier alpha value is -2.60. The lowest BCUT2D eigenvalue weighted by Gasteiger charge is -2.23. The van der Waals surface area contributed by atoms with E-state index in [1.807, 2.05) is 25.4 Å². The van der Waals surface area contributed by atoms with Crippen LogP contribution in [-0.4, -0.2) is 44.4 Å². The Labute approximate surface area is 181 Å². The van der Waals surface area contributed by atoms with E-state index in [1.165, 1.54) is 11.1 Å². The van der Waals surface area contributed by atoms with Crippen LogP contribution >= 0.6 is 0 Å². The molecule has 164 valence electrons. The Morgan fingerprint density at radius 2 is 2.00 bits per heavy atom. The number of hydrogen-bond acceptors (Lipinski definition) is 4. The topological polar surface area (TPSA) is 67.8 Å². The van der Waals surface area contributed by atoms with E-state index >= 15 is 0 Å². The first kappa shape index (κ1) is 23.7. The quantitative estimate of drug-likeness (QED) is 0.333. The number of aliphatic imine (C=N–C) groups is 1. The molecule has 0 fully saturated rings. The van der Waals surface area contributed by atoms with Crippen molar-refractivity contribution in [3.63, 3.8) is 0 Å². The van der Waals surface area contributed by atoms with Gasteiger partial charge >= 0.3 is 0 Å². The zero-order valence-corrected chi connectivity index (χ0v) is 18.9. The van der Waals surface area contributed by atoms with E-state index in [0.717, 1.165) is 23.8 Å². The second-order valence-corrected chi connectivity index (χ2v) is 7.60. The maximum atomic E-state index is 5.94. The molecular weight excluding hydrogens is 376 g/mol. The van der Waals surface area contributed by atoms with E-state index in [4.69, 9.17) is 9.47 Å². The van der Waals surface area contributed by atoms with Crippen molar-refractivity contribution >= 4 is 5.96 Å². The number of nitrogens with zero attached hydrogens (tertiary/aromatic N) is 2. The molecule has 0 aliphatic heterocycles. The van der Waals surface area contributed by atoms with Gasteiger partial charge in [0.05, 0.1) is 6.61 Å². The van der Waals surface area contributed by atoms with Crippen LogP contribution < -0.4 is 15.4 Å². The van der Waals surface area contributed by atoms with Crippen LogP contribution in [0.3, 0.4) is 0 Å². The molecule has 2 aromatic rings. The van der Waals surface area contributed by atoms with Gasteiger partial charge in [0.1, 0.15) is 12.4 Å². The Balaban J connectivity index is 1.95. The molecule has 0 bridgehead atoms.